The second-order valence-corrected chi connectivity index (χ2v) is 14.2. The summed E-state index contributed by atoms with van der Waals surface area (Å²) >= 11 is 8.76. The van der Waals surface area contributed by atoms with E-state index in [2.05, 4.69) is 168 Å². The van der Waals surface area contributed by atoms with Gasteiger partial charge in [-0.05, 0) is 66.7 Å². The molecule has 242 valence electrons. The molecule has 0 radical (unpaired) electrons. The number of rotatable bonds is 6. The lowest BCUT2D eigenvalue weighted by Gasteiger charge is -2.28. The normalized spacial score (nSPS) is 11.6. The fraction of sp³-hybridized carbons (Fsp3) is 0. The Morgan fingerprint density at radius 2 is 0.980 bits per heavy atom. The summed E-state index contributed by atoms with van der Waals surface area (Å²) in [6.45, 7) is 0. The van der Waals surface area contributed by atoms with Crippen molar-refractivity contribution in [2.24, 2.45) is 0 Å². The van der Waals surface area contributed by atoms with Gasteiger partial charge in [-0.2, -0.15) is 0 Å². The van der Waals surface area contributed by atoms with Crippen LogP contribution in [0.2, 0.25) is 5.02 Å². The van der Waals surface area contributed by atoms with E-state index in [0.717, 1.165) is 66.8 Å². The van der Waals surface area contributed by atoms with Crippen LogP contribution < -0.4 is 9.80 Å². The molecule has 0 atom stereocenters. The maximum absolute atomic E-state index is 6.93. The highest BCUT2D eigenvalue weighted by atomic mass is 35.5. The van der Waals surface area contributed by atoms with Crippen molar-refractivity contribution in [1.29, 1.82) is 0 Å². The summed E-state index contributed by atoms with van der Waals surface area (Å²) in [5.41, 5.74) is 7.87. The maximum Gasteiger partial charge on any atom is 0.143 e. The van der Waals surface area contributed by atoms with Crippen molar-refractivity contribution in [3.8, 4) is 0 Å². The van der Waals surface area contributed by atoms with E-state index in [0.29, 0.717) is 5.02 Å². The van der Waals surface area contributed by atoms with E-state index >= 15 is 0 Å². The summed E-state index contributed by atoms with van der Waals surface area (Å²) in [4.78, 5) is 4.69. The first-order valence-electron chi connectivity index (χ1n) is 17.0. The second-order valence-electron chi connectivity index (χ2n) is 12.6. The Hall–Kier alpha value is -6.07. The molecule has 10 rings (SSSR count). The largest absolute Gasteiger partial charge is 0.455 e. The van der Waals surface area contributed by atoms with Gasteiger partial charge in [-0.15, -0.1) is 11.3 Å². The van der Waals surface area contributed by atoms with E-state index in [1.54, 1.807) is 0 Å². The minimum atomic E-state index is 0.611. The Morgan fingerprint density at radius 1 is 0.412 bits per heavy atom. The van der Waals surface area contributed by atoms with Gasteiger partial charge in [0, 0.05) is 64.5 Å². The van der Waals surface area contributed by atoms with Gasteiger partial charge in [-0.1, -0.05) is 115 Å². The summed E-state index contributed by atoms with van der Waals surface area (Å²) in [5.74, 6) is 0. The molecule has 0 aliphatic rings. The van der Waals surface area contributed by atoms with Crippen molar-refractivity contribution in [3.05, 3.63) is 181 Å². The lowest BCUT2D eigenvalue weighted by Crippen LogP contribution is -2.11. The van der Waals surface area contributed by atoms with Crippen LogP contribution in [0.5, 0.6) is 0 Å². The van der Waals surface area contributed by atoms with Gasteiger partial charge in [0.1, 0.15) is 11.2 Å². The van der Waals surface area contributed by atoms with Gasteiger partial charge in [0.25, 0.3) is 0 Å². The minimum Gasteiger partial charge on any atom is -0.455 e. The molecule has 10 aromatic rings. The Bertz CT molecular complexity index is 2840. The Kier molecular flexibility index (Phi) is 7.05. The molecule has 5 heteroatoms. The number of fused-ring (bicyclic) bond motifs is 8. The van der Waals surface area contributed by atoms with Crippen molar-refractivity contribution in [1.82, 2.24) is 0 Å². The lowest BCUT2D eigenvalue weighted by molar-refractivity contribution is 0.673. The van der Waals surface area contributed by atoms with E-state index in [1.165, 1.54) is 20.2 Å². The molecule has 2 heterocycles. The summed E-state index contributed by atoms with van der Waals surface area (Å²) in [6, 6.07) is 61.8. The van der Waals surface area contributed by atoms with Crippen LogP contribution in [0.25, 0.3) is 52.9 Å². The molecule has 0 amide bonds. The fourth-order valence-corrected chi connectivity index (χ4v) is 8.85. The third-order valence-electron chi connectivity index (χ3n) is 9.65. The van der Waals surface area contributed by atoms with Gasteiger partial charge in [0.15, 0.2) is 0 Å². The highest BCUT2D eigenvalue weighted by molar-refractivity contribution is 7.26. The summed E-state index contributed by atoms with van der Waals surface area (Å²) in [7, 11) is 0. The molecule has 0 aliphatic heterocycles. The summed E-state index contributed by atoms with van der Waals surface area (Å²) in [6.07, 6.45) is 0. The third-order valence-corrected chi connectivity index (χ3v) is 11.0. The SMILES string of the molecule is Clc1cc(N(c2ccccc2)c2ccccc2)c2c(c1)oc1c3ccccc3c(N(c3ccccc3)c3cccc4sc5ccccc5c34)cc12. The van der Waals surface area contributed by atoms with Crippen molar-refractivity contribution in [2.45, 2.75) is 0 Å². The molecule has 8 aromatic carbocycles. The first kappa shape index (κ1) is 29.8. The van der Waals surface area contributed by atoms with E-state index in [-0.39, 0.29) is 0 Å². The molecular formula is C46H29ClN2OS. The van der Waals surface area contributed by atoms with Gasteiger partial charge in [0.2, 0.25) is 0 Å². The van der Waals surface area contributed by atoms with Gasteiger partial charge in [0.05, 0.1) is 22.4 Å². The van der Waals surface area contributed by atoms with Gasteiger partial charge in [-0.25, -0.2) is 0 Å². The monoisotopic (exact) mass is 692 g/mol. The average molecular weight is 693 g/mol. The zero-order valence-corrected chi connectivity index (χ0v) is 28.9. The molecule has 0 aliphatic carbocycles. The number of hydrogen-bond donors (Lipinski definition) is 0. The van der Waals surface area contributed by atoms with Crippen LogP contribution in [0.4, 0.5) is 34.1 Å². The van der Waals surface area contributed by atoms with Crippen LogP contribution in [-0.2, 0) is 0 Å². The topological polar surface area (TPSA) is 19.6 Å². The van der Waals surface area contributed by atoms with Gasteiger partial charge < -0.3 is 14.2 Å². The third kappa shape index (κ3) is 4.87. The van der Waals surface area contributed by atoms with Crippen LogP contribution >= 0.6 is 22.9 Å². The molecule has 0 bridgehead atoms. The van der Waals surface area contributed by atoms with Crippen LogP contribution in [0.15, 0.2) is 180 Å². The van der Waals surface area contributed by atoms with Crippen molar-refractivity contribution in [3.63, 3.8) is 0 Å². The van der Waals surface area contributed by atoms with Crippen molar-refractivity contribution >= 4 is 110 Å². The molecule has 0 fully saturated rings. The van der Waals surface area contributed by atoms with Crippen molar-refractivity contribution < 1.29 is 4.42 Å². The first-order chi connectivity index (χ1) is 25.2. The predicted octanol–water partition coefficient (Wildman–Crippen LogP) is 14.7. The predicted molar refractivity (Wildman–Crippen MR) is 218 cm³/mol. The molecule has 0 spiro atoms. The highest BCUT2D eigenvalue weighted by Crippen LogP contribution is 2.51. The van der Waals surface area contributed by atoms with E-state index in [1.807, 2.05) is 29.5 Å². The van der Waals surface area contributed by atoms with Gasteiger partial charge >= 0.3 is 0 Å². The Labute approximate surface area is 303 Å². The zero-order valence-electron chi connectivity index (χ0n) is 27.3. The number of thiophene rings is 1. The quantitative estimate of drug-likeness (QED) is 0.173. The molecule has 2 aromatic heterocycles. The van der Waals surface area contributed by atoms with E-state index in [4.69, 9.17) is 16.0 Å². The molecule has 0 saturated heterocycles. The van der Waals surface area contributed by atoms with E-state index < -0.39 is 0 Å². The maximum atomic E-state index is 6.93. The van der Waals surface area contributed by atoms with Gasteiger partial charge in [-0.3, -0.25) is 0 Å². The highest BCUT2D eigenvalue weighted by Gasteiger charge is 2.25. The number of benzene rings is 8. The average Bonchev–Trinajstić information content (AvgIpc) is 3.75. The molecule has 0 saturated carbocycles. The minimum absolute atomic E-state index is 0.611. The summed E-state index contributed by atoms with van der Waals surface area (Å²) in [5, 5.41) is 7.27. The molecule has 3 nitrogen and oxygen atoms in total. The molecule has 0 unspecified atom stereocenters. The lowest BCUT2D eigenvalue weighted by atomic mass is 10.00. The summed E-state index contributed by atoms with van der Waals surface area (Å²) < 4.78 is 9.37. The van der Waals surface area contributed by atoms with Crippen LogP contribution in [0.3, 0.4) is 0 Å². The number of furan rings is 1. The second kappa shape index (κ2) is 12.1. The molecule has 51 heavy (non-hydrogen) atoms. The molecular weight excluding hydrogens is 664 g/mol. The number of anilines is 6. The Morgan fingerprint density at radius 3 is 1.67 bits per heavy atom. The Balaban J connectivity index is 1.33. The van der Waals surface area contributed by atoms with E-state index in [9.17, 15) is 0 Å². The molecule has 0 N–H and O–H groups in total. The number of nitrogens with zero attached hydrogens (tertiary/aromatic N) is 2. The standard InChI is InChI=1S/C46H29ClN2OS/c47-30-27-40(48(31-15-4-1-5-16-31)32-17-6-2-7-18-32)44-37-29-39(34-21-10-11-22-35(34)46(37)50-41(44)28-30)49(33-19-8-3-9-20-33)38-24-14-26-43-45(38)36-23-12-13-25-42(36)51-43/h1-29H. The van der Waals surface area contributed by atoms with Crippen LogP contribution in [0.1, 0.15) is 0 Å². The number of para-hydroxylation sites is 3. The zero-order chi connectivity index (χ0) is 33.9. The van der Waals surface area contributed by atoms with Crippen LogP contribution in [-0.4, -0.2) is 0 Å². The number of hydrogen-bond acceptors (Lipinski definition) is 4. The smallest absolute Gasteiger partial charge is 0.143 e. The number of halogens is 1. The first-order valence-corrected chi connectivity index (χ1v) is 18.2. The van der Waals surface area contributed by atoms with Crippen LogP contribution in [0, 0.1) is 0 Å². The van der Waals surface area contributed by atoms with Crippen molar-refractivity contribution in [2.75, 3.05) is 9.80 Å². The fourth-order valence-electron chi connectivity index (χ4n) is 7.52.